The lowest BCUT2D eigenvalue weighted by Gasteiger charge is -2.24. The van der Waals surface area contributed by atoms with Crippen LogP contribution in [0.1, 0.15) is 48.6 Å². The van der Waals surface area contributed by atoms with Gasteiger partial charge in [0.05, 0.1) is 12.2 Å². The van der Waals surface area contributed by atoms with Crippen molar-refractivity contribution < 1.29 is 9.18 Å². The van der Waals surface area contributed by atoms with E-state index in [2.05, 4.69) is 30.2 Å². The summed E-state index contributed by atoms with van der Waals surface area (Å²) >= 11 is 1.08. The molecule has 166 valence electrons. The number of H-pyrrole nitrogens is 1. The zero-order valence-corrected chi connectivity index (χ0v) is 18.0. The molecule has 0 unspecified atom stereocenters. The summed E-state index contributed by atoms with van der Waals surface area (Å²) < 4.78 is 18.3. The molecule has 1 aliphatic heterocycles. The van der Waals surface area contributed by atoms with Crippen molar-refractivity contribution in [3.63, 3.8) is 0 Å². The molecule has 6 rings (SSSR count). The molecule has 0 bridgehead atoms. The number of carbonyl (C=O) groups is 1. The van der Waals surface area contributed by atoms with E-state index in [-0.39, 0.29) is 18.9 Å². The van der Waals surface area contributed by atoms with Crippen molar-refractivity contribution in [3.05, 3.63) is 29.3 Å². The first-order chi connectivity index (χ1) is 15.6. The first-order valence-electron chi connectivity index (χ1n) is 10.8. The number of nitrogens with zero attached hydrogens (tertiary/aromatic N) is 6. The van der Waals surface area contributed by atoms with Crippen LogP contribution in [-0.4, -0.2) is 54.2 Å². The highest BCUT2D eigenvalue weighted by atomic mass is 32.1. The van der Waals surface area contributed by atoms with Crippen molar-refractivity contribution in [2.24, 2.45) is 0 Å². The maximum Gasteiger partial charge on any atom is 0.249 e. The predicted molar refractivity (Wildman–Crippen MR) is 117 cm³/mol. The van der Waals surface area contributed by atoms with Gasteiger partial charge >= 0.3 is 0 Å². The minimum absolute atomic E-state index is 0.0701. The smallest absolute Gasteiger partial charge is 0.249 e. The maximum atomic E-state index is 14.4. The number of halogens is 1. The molecule has 12 heteroatoms. The Kier molecular flexibility index (Phi) is 4.74. The molecule has 0 radical (unpaired) electrons. The van der Waals surface area contributed by atoms with Crippen molar-refractivity contribution in [1.29, 1.82) is 0 Å². The van der Waals surface area contributed by atoms with Crippen LogP contribution in [0.25, 0.3) is 0 Å². The number of fused-ring (bicyclic) bond motifs is 1. The molecule has 3 aromatic rings. The number of alkyl halides is 1. The predicted octanol–water partition coefficient (Wildman–Crippen LogP) is 2.72. The van der Waals surface area contributed by atoms with Crippen LogP contribution in [0.2, 0.25) is 0 Å². The first-order valence-corrected chi connectivity index (χ1v) is 11.6. The number of amides is 1. The number of nitrogens with one attached hydrogen (secondary N) is 3. The molecular formula is C20H22FN9OS. The van der Waals surface area contributed by atoms with Crippen LogP contribution in [0, 0.1) is 0 Å². The minimum Gasteiger partial charge on any atom is -0.326 e. The number of hydrogen-bond acceptors (Lipinski definition) is 9. The highest BCUT2D eigenvalue weighted by Gasteiger charge is 2.39. The number of aromatic nitrogens is 6. The van der Waals surface area contributed by atoms with Gasteiger partial charge in [0.25, 0.3) is 0 Å². The van der Waals surface area contributed by atoms with E-state index in [0.717, 1.165) is 47.7 Å². The Bertz CT molecular complexity index is 1150. The number of aryl methyl sites for hydroxylation is 1. The zero-order valence-electron chi connectivity index (χ0n) is 17.2. The lowest BCUT2D eigenvalue weighted by atomic mass is 10.2. The van der Waals surface area contributed by atoms with Crippen molar-refractivity contribution in [3.8, 4) is 0 Å². The molecule has 32 heavy (non-hydrogen) atoms. The van der Waals surface area contributed by atoms with E-state index in [9.17, 15) is 9.18 Å². The number of anilines is 4. The van der Waals surface area contributed by atoms with Gasteiger partial charge in [-0.15, -0.1) is 0 Å². The highest BCUT2D eigenvalue weighted by Crippen LogP contribution is 2.40. The van der Waals surface area contributed by atoms with Gasteiger partial charge in [-0.25, -0.2) is 14.4 Å². The highest BCUT2D eigenvalue weighted by molar-refractivity contribution is 7.09. The van der Waals surface area contributed by atoms with Crippen LogP contribution < -0.4 is 15.5 Å². The zero-order chi connectivity index (χ0) is 21.7. The van der Waals surface area contributed by atoms with Crippen LogP contribution in [0.3, 0.4) is 0 Å². The monoisotopic (exact) mass is 455 g/mol. The van der Waals surface area contributed by atoms with Crippen LogP contribution in [0.4, 0.5) is 27.1 Å². The third-order valence-corrected chi connectivity index (χ3v) is 6.76. The van der Waals surface area contributed by atoms with E-state index >= 15 is 0 Å². The molecule has 1 saturated heterocycles. The fourth-order valence-corrected chi connectivity index (χ4v) is 4.88. The molecule has 1 amide bonds. The van der Waals surface area contributed by atoms with Crippen LogP contribution in [0.5, 0.6) is 0 Å². The average Bonchev–Trinajstić information content (AvgIpc) is 3.21. The molecule has 2 fully saturated rings. The summed E-state index contributed by atoms with van der Waals surface area (Å²) in [5, 5.41) is 13.9. The van der Waals surface area contributed by atoms with Crippen molar-refractivity contribution in [1.82, 2.24) is 29.5 Å². The molecule has 3 aromatic heterocycles. The average molecular weight is 456 g/mol. The summed E-state index contributed by atoms with van der Waals surface area (Å²) in [6.45, 7) is 0.0701. The molecular weight excluding hydrogens is 433 g/mol. The Hall–Kier alpha value is -3.15. The van der Waals surface area contributed by atoms with Crippen LogP contribution in [0.15, 0.2) is 12.4 Å². The topological polar surface area (TPSA) is 125 Å². The van der Waals surface area contributed by atoms with Gasteiger partial charge < -0.3 is 10.2 Å². The second kappa shape index (κ2) is 7.76. The summed E-state index contributed by atoms with van der Waals surface area (Å²) in [6.07, 6.45) is 5.40. The number of rotatable bonds is 6. The normalized spacial score (nSPS) is 22.2. The van der Waals surface area contributed by atoms with E-state index in [0.29, 0.717) is 28.6 Å². The summed E-state index contributed by atoms with van der Waals surface area (Å²) in [6, 6.07) is 1.31. The second-order valence-electron chi connectivity index (χ2n) is 8.50. The fourth-order valence-electron chi connectivity index (χ4n) is 4.45. The third kappa shape index (κ3) is 3.68. The standard InChI is InChI=1S/C20H22FN9OS/c21-11-6-15(18(31)27-20-22-9-23-32-20)30(8-11)19-24-13-3-1-2-12(13)17(26-19)25-16-7-14(28-29-16)10-4-5-10/h7,9-11,15H,1-6,8H2,(H,22,23,27,31)(H2,24,25,26,28,29)/t11-,15-/m0/s1. The Balaban J connectivity index is 1.29. The molecule has 4 heterocycles. The van der Waals surface area contributed by atoms with Crippen LogP contribution >= 0.6 is 11.5 Å². The Morgan fingerprint density at radius 2 is 2.19 bits per heavy atom. The SMILES string of the molecule is O=C(Nc1ncns1)[C@@H]1C[C@H](F)CN1c1nc2c(c(Nc3cc(C4CC4)[nH]n3)n1)CCC2. The van der Waals surface area contributed by atoms with E-state index < -0.39 is 12.2 Å². The van der Waals surface area contributed by atoms with Gasteiger partial charge in [-0.3, -0.25) is 15.2 Å². The summed E-state index contributed by atoms with van der Waals surface area (Å²) in [5.41, 5.74) is 3.14. The van der Waals surface area contributed by atoms with Crippen LogP contribution in [-0.2, 0) is 17.6 Å². The third-order valence-electron chi connectivity index (χ3n) is 6.18. The quantitative estimate of drug-likeness (QED) is 0.518. The van der Waals surface area contributed by atoms with Crippen molar-refractivity contribution in [2.75, 3.05) is 22.1 Å². The van der Waals surface area contributed by atoms with Gasteiger partial charge in [0.15, 0.2) is 5.82 Å². The molecule has 0 aromatic carbocycles. The lowest BCUT2D eigenvalue weighted by molar-refractivity contribution is -0.117. The van der Waals surface area contributed by atoms with Gasteiger partial charge in [-0.05, 0) is 32.1 Å². The van der Waals surface area contributed by atoms with Gasteiger partial charge in [-0.1, -0.05) is 0 Å². The number of aromatic amines is 1. The maximum absolute atomic E-state index is 14.4. The van der Waals surface area contributed by atoms with Gasteiger partial charge in [0.2, 0.25) is 17.0 Å². The Morgan fingerprint density at radius 3 is 3.00 bits per heavy atom. The molecule has 2 atom stereocenters. The van der Waals surface area contributed by atoms with E-state index in [1.165, 1.54) is 19.2 Å². The lowest BCUT2D eigenvalue weighted by Crippen LogP contribution is -2.40. The second-order valence-corrected chi connectivity index (χ2v) is 9.28. The Morgan fingerprint density at radius 1 is 1.28 bits per heavy atom. The minimum atomic E-state index is -1.14. The van der Waals surface area contributed by atoms with E-state index in [1.54, 1.807) is 4.90 Å². The number of hydrogen-bond donors (Lipinski definition) is 3. The largest absolute Gasteiger partial charge is 0.326 e. The first kappa shape index (κ1) is 19.5. The molecule has 0 spiro atoms. The fraction of sp³-hybridized carbons (Fsp3) is 0.500. The summed E-state index contributed by atoms with van der Waals surface area (Å²) in [4.78, 5) is 28.0. The molecule has 2 aliphatic carbocycles. The van der Waals surface area contributed by atoms with Gasteiger partial charge in [0, 0.05) is 41.2 Å². The summed E-state index contributed by atoms with van der Waals surface area (Å²) in [5.74, 6) is 2.00. The number of carbonyl (C=O) groups excluding carboxylic acids is 1. The van der Waals surface area contributed by atoms with E-state index in [1.807, 2.05) is 6.07 Å². The summed E-state index contributed by atoms with van der Waals surface area (Å²) in [7, 11) is 0. The molecule has 3 N–H and O–H groups in total. The Labute approximate surface area is 187 Å². The van der Waals surface area contributed by atoms with Gasteiger partial charge in [-0.2, -0.15) is 14.5 Å². The van der Waals surface area contributed by atoms with Crippen molar-refractivity contribution in [2.45, 2.75) is 56.7 Å². The molecule has 3 aliphatic rings. The van der Waals surface area contributed by atoms with Gasteiger partial charge in [0.1, 0.15) is 24.4 Å². The molecule has 10 nitrogen and oxygen atoms in total. The van der Waals surface area contributed by atoms with Crippen molar-refractivity contribution >= 4 is 40.2 Å². The van der Waals surface area contributed by atoms with E-state index in [4.69, 9.17) is 9.97 Å². The molecule has 1 saturated carbocycles.